The van der Waals surface area contributed by atoms with Crippen molar-refractivity contribution in [2.75, 3.05) is 13.1 Å². The molecule has 1 fully saturated rings. The molecule has 1 saturated heterocycles. The van der Waals surface area contributed by atoms with E-state index in [1.165, 1.54) is 30.3 Å². The number of phenolic OH excluding ortho intramolecular Hbond substituents is 1. The lowest BCUT2D eigenvalue weighted by atomic mass is 9.99. The molecule has 5 nitrogen and oxygen atoms in total. The molecule has 0 radical (unpaired) electrons. The molecule has 32 heavy (non-hydrogen) atoms. The third-order valence-electron chi connectivity index (χ3n) is 5.69. The van der Waals surface area contributed by atoms with Crippen molar-refractivity contribution in [1.29, 1.82) is 0 Å². The lowest BCUT2D eigenvalue weighted by Crippen LogP contribution is -3.12. The highest BCUT2D eigenvalue weighted by Gasteiger charge is 2.41. The van der Waals surface area contributed by atoms with Crippen molar-refractivity contribution in [3.05, 3.63) is 63.0 Å². The number of aromatic hydroxyl groups is 1. The van der Waals surface area contributed by atoms with Crippen molar-refractivity contribution in [1.82, 2.24) is 0 Å². The van der Waals surface area contributed by atoms with E-state index in [9.17, 15) is 23.1 Å². The molecule has 1 unspecified atom stereocenters. The van der Waals surface area contributed by atoms with Gasteiger partial charge in [0.1, 0.15) is 18.0 Å². The Labute approximate surface area is 187 Å². The quantitative estimate of drug-likeness (QED) is 0.578. The zero-order valence-corrected chi connectivity index (χ0v) is 18.0. The van der Waals surface area contributed by atoms with E-state index >= 15 is 0 Å². The molecule has 1 aliphatic rings. The predicted octanol–water partition coefficient (Wildman–Crippen LogP) is 4.78. The Morgan fingerprint density at radius 3 is 2.69 bits per heavy atom. The van der Waals surface area contributed by atoms with E-state index in [4.69, 9.17) is 20.8 Å². The van der Waals surface area contributed by atoms with Crippen LogP contribution < -0.4 is 15.1 Å². The summed E-state index contributed by atoms with van der Waals surface area (Å²) in [6, 6.07) is 8.44. The zero-order chi connectivity index (χ0) is 23.0. The van der Waals surface area contributed by atoms with Crippen molar-refractivity contribution < 1.29 is 32.3 Å². The standard InChI is InChI=1S/C23H21ClF3NO4/c1-13-5-4-10-28(11-13)12-15-17(29)9-8-14-19(30)21(22(23(25,26)27)32-20(14)15)31-18-7-3-2-6-16(18)24/h2-3,6-9,13,29H,4-5,10-12H2,1H3/p+1/t13-/m0/s1. The number of hydrogen-bond acceptors (Lipinski definition) is 4. The van der Waals surface area contributed by atoms with Gasteiger partial charge in [0, 0.05) is 5.92 Å². The minimum absolute atomic E-state index is 0.0503. The molecular weight excluding hydrogens is 447 g/mol. The van der Waals surface area contributed by atoms with E-state index in [0.29, 0.717) is 5.92 Å². The summed E-state index contributed by atoms with van der Waals surface area (Å²) < 4.78 is 52.2. The minimum atomic E-state index is -5.00. The number of piperidine rings is 1. The van der Waals surface area contributed by atoms with Gasteiger partial charge in [-0.3, -0.25) is 4.79 Å². The molecule has 0 bridgehead atoms. The summed E-state index contributed by atoms with van der Waals surface area (Å²) in [7, 11) is 0. The van der Waals surface area contributed by atoms with Crippen LogP contribution in [0.25, 0.3) is 11.0 Å². The van der Waals surface area contributed by atoms with E-state index in [1.807, 2.05) is 0 Å². The van der Waals surface area contributed by atoms with E-state index in [0.717, 1.165) is 30.8 Å². The van der Waals surface area contributed by atoms with Crippen LogP contribution in [0.15, 0.2) is 45.6 Å². The highest BCUT2D eigenvalue weighted by molar-refractivity contribution is 6.32. The molecule has 2 heterocycles. The average molecular weight is 469 g/mol. The van der Waals surface area contributed by atoms with Crippen LogP contribution in [0.1, 0.15) is 31.1 Å². The molecule has 2 N–H and O–H groups in total. The van der Waals surface area contributed by atoms with E-state index in [2.05, 4.69) is 6.92 Å². The molecule has 0 aliphatic carbocycles. The first-order valence-electron chi connectivity index (χ1n) is 10.3. The summed E-state index contributed by atoms with van der Waals surface area (Å²) in [6.07, 6.45) is -2.93. The second kappa shape index (κ2) is 8.67. The normalized spacial score (nSPS) is 19.3. The van der Waals surface area contributed by atoms with Crippen molar-refractivity contribution in [2.24, 2.45) is 5.92 Å². The number of halogens is 4. The monoisotopic (exact) mass is 468 g/mol. The Morgan fingerprint density at radius 1 is 1.25 bits per heavy atom. The highest BCUT2D eigenvalue weighted by Crippen LogP contribution is 2.40. The SMILES string of the molecule is C[C@H]1CCC[NH+](Cc2c(O)ccc3c(=O)c(Oc4ccccc4Cl)c(C(F)(F)F)oc23)C1. The van der Waals surface area contributed by atoms with Gasteiger partial charge in [-0.2, -0.15) is 13.2 Å². The van der Waals surface area contributed by atoms with Gasteiger partial charge in [-0.05, 0) is 37.1 Å². The summed E-state index contributed by atoms with van der Waals surface area (Å²) in [5.74, 6) is -2.40. The Balaban J connectivity index is 1.88. The van der Waals surface area contributed by atoms with Gasteiger partial charge in [-0.25, -0.2) is 0 Å². The molecule has 0 spiro atoms. The minimum Gasteiger partial charge on any atom is -0.507 e. The van der Waals surface area contributed by atoms with Crippen LogP contribution in [0.3, 0.4) is 0 Å². The zero-order valence-electron chi connectivity index (χ0n) is 17.3. The number of phenols is 1. The van der Waals surface area contributed by atoms with Crippen molar-refractivity contribution in [3.8, 4) is 17.2 Å². The van der Waals surface area contributed by atoms with Crippen LogP contribution in [0.4, 0.5) is 13.2 Å². The van der Waals surface area contributed by atoms with Crippen LogP contribution in [0.5, 0.6) is 17.2 Å². The van der Waals surface area contributed by atoms with E-state index in [1.54, 1.807) is 6.07 Å². The van der Waals surface area contributed by atoms with Crippen molar-refractivity contribution >= 4 is 22.6 Å². The van der Waals surface area contributed by atoms with Gasteiger partial charge >= 0.3 is 6.18 Å². The first kappa shape index (κ1) is 22.5. The molecule has 1 aromatic heterocycles. The Hall–Kier alpha value is -2.71. The molecule has 3 aromatic rings. The fraction of sp³-hybridized carbons (Fsp3) is 0.348. The van der Waals surface area contributed by atoms with Gasteiger partial charge in [0.25, 0.3) is 5.76 Å². The number of para-hydroxylation sites is 1. The fourth-order valence-electron chi connectivity index (χ4n) is 4.18. The van der Waals surface area contributed by atoms with Gasteiger partial charge in [-0.15, -0.1) is 0 Å². The first-order valence-corrected chi connectivity index (χ1v) is 10.7. The maximum absolute atomic E-state index is 13.9. The molecule has 1 aliphatic heterocycles. The van der Waals surface area contributed by atoms with Crippen LogP contribution in [0, 0.1) is 5.92 Å². The fourth-order valence-corrected chi connectivity index (χ4v) is 4.36. The highest BCUT2D eigenvalue weighted by atomic mass is 35.5. The Bertz CT molecular complexity index is 1210. The molecular formula is C23H22ClF3NO4+. The second-order valence-corrected chi connectivity index (χ2v) is 8.60. The number of fused-ring (bicyclic) bond motifs is 1. The van der Waals surface area contributed by atoms with Gasteiger partial charge in [0.05, 0.1) is 29.1 Å². The number of likely N-dealkylation sites (tertiary alicyclic amines) is 1. The molecule has 2 aromatic carbocycles. The summed E-state index contributed by atoms with van der Waals surface area (Å²) in [5.41, 5.74) is -1.08. The molecule has 0 saturated carbocycles. The number of rotatable bonds is 4. The lowest BCUT2D eigenvalue weighted by molar-refractivity contribution is -0.922. The largest absolute Gasteiger partial charge is 0.507 e. The van der Waals surface area contributed by atoms with Crippen LogP contribution in [-0.4, -0.2) is 18.2 Å². The number of ether oxygens (including phenoxy) is 1. The summed E-state index contributed by atoms with van der Waals surface area (Å²) in [6.45, 7) is 4.00. The molecule has 2 atom stereocenters. The molecule has 9 heteroatoms. The summed E-state index contributed by atoms with van der Waals surface area (Å²) >= 11 is 6.00. The average Bonchev–Trinajstić information content (AvgIpc) is 2.72. The van der Waals surface area contributed by atoms with E-state index in [-0.39, 0.29) is 39.6 Å². The topological polar surface area (TPSA) is 64.1 Å². The second-order valence-electron chi connectivity index (χ2n) is 8.19. The number of benzene rings is 2. The van der Waals surface area contributed by atoms with Crippen molar-refractivity contribution in [2.45, 2.75) is 32.5 Å². The number of nitrogens with one attached hydrogen (secondary N) is 1. The van der Waals surface area contributed by atoms with Crippen LogP contribution in [0.2, 0.25) is 5.02 Å². The lowest BCUT2D eigenvalue weighted by Gasteiger charge is -2.28. The van der Waals surface area contributed by atoms with Crippen LogP contribution >= 0.6 is 11.6 Å². The van der Waals surface area contributed by atoms with Gasteiger partial charge in [0.2, 0.25) is 11.2 Å². The third kappa shape index (κ3) is 4.42. The van der Waals surface area contributed by atoms with Crippen molar-refractivity contribution in [3.63, 3.8) is 0 Å². The number of quaternary nitrogens is 1. The van der Waals surface area contributed by atoms with Crippen LogP contribution in [-0.2, 0) is 12.7 Å². The van der Waals surface area contributed by atoms with Gasteiger partial charge in [0.15, 0.2) is 5.58 Å². The number of hydrogen-bond donors (Lipinski definition) is 2. The van der Waals surface area contributed by atoms with E-state index < -0.39 is 23.1 Å². The van der Waals surface area contributed by atoms with Gasteiger partial charge in [-0.1, -0.05) is 30.7 Å². The molecule has 4 rings (SSSR count). The summed E-state index contributed by atoms with van der Waals surface area (Å²) in [5, 5.41) is 10.4. The Kier molecular flexibility index (Phi) is 6.09. The smallest absolute Gasteiger partial charge is 0.453 e. The van der Waals surface area contributed by atoms with Gasteiger partial charge < -0.3 is 19.2 Å². The predicted molar refractivity (Wildman–Crippen MR) is 113 cm³/mol. The molecule has 0 amide bonds. The molecule has 170 valence electrons. The first-order chi connectivity index (χ1) is 15.1. The Morgan fingerprint density at radius 2 is 2.00 bits per heavy atom. The maximum Gasteiger partial charge on any atom is 0.453 e. The maximum atomic E-state index is 13.9. The third-order valence-corrected chi connectivity index (χ3v) is 6.01. The summed E-state index contributed by atoms with van der Waals surface area (Å²) in [4.78, 5) is 14.2. The number of alkyl halides is 3.